The maximum Gasteiger partial charge on any atom is 0.261 e. The van der Waals surface area contributed by atoms with Gasteiger partial charge < -0.3 is 10.6 Å². The van der Waals surface area contributed by atoms with Crippen LogP contribution in [-0.4, -0.2) is 14.3 Å². The third kappa shape index (κ3) is 4.29. The van der Waals surface area contributed by atoms with Crippen molar-refractivity contribution in [2.24, 2.45) is 0 Å². The predicted molar refractivity (Wildman–Crippen MR) is 136 cm³/mol. The van der Waals surface area contributed by atoms with Crippen LogP contribution >= 0.6 is 0 Å². The summed E-state index contributed by atoms with van der Waals surface area (Å²) < 4.78 is 28.3. The molecule has 0 saturated carbocycles. The first-order chi connectivity index (χ1) is 16.5. The van der Waals surface area contributed by atoms with E-state index in [0.29, 0.717) is 28.2 Å². The average molecular weight is 468 g/mol. The molecule has 0 spiro atoms. The van der Waals surface area contributed by atoms with Crippen molar-refractivity contribution in [3.05, 3.63) is 120 Å². The molecule has 34 heavy (non-hydrogen) atoms. The first-order valence-corrected chi connectivity index (χ1v) is 12.1. The Labute approximate surface area is 198 Å². The quantitative estimate of drug-likeness (QED) is 0.331. The summed E-state index contributed by atoms with van der Waals surface area (Å²) in [5.41, 5.74) is 4.32. The summed E-state index contributed by atoms with van der Waals surface area (Å²) in [6, 6.07) is 32.3. The van der Waals surface area contributed by atoms with Crippen molar-refractivity contribution in [2.75, 3.05) is 15.4 Å². The molecule has 5 rings (SSSR count). The average Bonchev–Trinajstić information content (AvgIpc) is 3.19. The summed E-state index contributed by atoms with van der Waals surface area (Å²) in [5, 5.41) is 6.27. The Hall–Kier alpha value is -4.36. The Morgan fingerprint density at radius 3 is 2.00 bits per heavy atom. The van der Waals surface area contributed by atoms with Crippen LogP contribution in [0.2, 0.25) is 0 Å². The van der Waals surface area contributed by atoms with Gasteiger partial charge in [0.05, 0.1) is 16.2 Å². The van der Waals surface area contributed by atoms with Crippen LogP contribution in [0.3, 0.4) is 0 Å². The molecule has 1 amide bonds. The van der Waals surface area contributed by atoms with Gasteiger partial charge in [0.1, 0.15) is 0 Å². The Morgan fingerprint density at radius 2 is 1.32 bits per heavy atom. The molecule has 0 bridgehead atoms. The van der Waals surface area contributed by atoms with Gasteiger partial charge >= 0.3 is 0 Å². The summed E-state index contributed by atoms with van der Waals surface area (Å²) >= 11 is 0. The minimum Gasteiger partial charge on any atom is -0.354 e. The number of amides is 1. The summed E-state index contributed by atoms with van der Waals surface area (Å²) in [7, 11) is -3.77. The van der Waals surface area contributed by atoms with E-state index in [2.05, 4.69) is 15.4 Å². The maximum absolute atomic E-state index is 13.1. The summed E-state index contributed by atoms with van der Waals surface area (Å²) in [6.45, 7) is 0. The number of anilines is 3. The Bertz CT molecular complexity index is 1480. The third-order valence-corrected chi connectivity index (χ3v) is 6.82. The fourth-order valence-corrected chi connectivity index (χ4v) is 4.91. The molecule has 0 aliphatic carbocycles. The molecule has 0 atom stereocenters. The van der Waals surface area contributed by atoms with Gasteiger partial charge in [-0.25, -0.2) is 8.42 Å². The first-order valence-electron chi connectivity index (χ1n) is 10.7. The van der Waals surface area contributed by atoms with Crippen LogP contribution in [-0.2, 0) is 14.8 Å². The van der Waals surface area contributed by atoms with Crippen LogP contribution in [0.4, 0.5) is 17.1 Å². The van der Waals surface area contributed by atoms with Gasteiger partial charge in [-0.3, -0.25) is 9.52 Å². The molecule has 0 saturated heterocycles. The minimum absolute atomic E-state index is 0.163. The van der Waals surface area contributed by atoms with Crippen molar-refractivity contribution in [1.29, 1.82) is 0 Å². The van der Waals surface area contributed by atoms with Crippen molar-refractivity contribution < 1.29 is 13.2 Å². The fraction of sp³-hybridized carbons (Fsp3) is 0. The Morgan fingerprint density at radius 1 is 0.706 bits per heavy atom. The van der Waals surface area contributed by atoms with Gasteiger partial charge in [-0.05, 0) is 48.0 Å². The molecule has 1 aliphatic rings. The molecule has 1 aliphatic heterocycles. The second-order valence-electron chi connectivity index (χ2n) is 7.74. The Balaban J connectivity index is 1.61. The molecule has 4 aromatic carbocycles. The largest absolute Gasteiger partial charge is 0.354 e. The number of fused-ring (bicyclic) bond motifs is 1. The highest BCUT2D eigenvalue weighted by molar-refractivity contribution is 7.92. The zero-order valence-corrected chi connectivity index (χ0v) is 18.8. The van der Waals surface area contributed by atoms with Gasteiger partial charge in [-0.2, -0.15) is 0 Å². The SMILES string of the molecule is O=C1Nc2ccc(NS(=O)(=O)c3ccccc3)cc2C1=C(Nc1ccccc1)c1ccccc1. The number of para-hydroxylation sites is 1. The van der Waals surface area contributed by atoms with Crippen LogP contribution in [0.1, 0.15) is 11.1 Å². The first kappa shape index (κ1) is 21.5. The number of rotatable bonds is 6. The van der Waals surface area contributed by atoms with Gasteiger partial charge in [0.2, 0.25) is 0 Å². The zero-order valence-electron chi connectivity index (χ0n) is 18.0. The standard InChI is InChI=1S/C27H21N3O3S/c31-27-25(26(19-10-4-1-5-11-19)28-20-12-6-2-7-13-20)23-18-21(16-17-24(23)29-27)30-34(32,33)22-14-8-3-9-15-22/h1-18,28,30H,(H,29,31). The highest BCUT2D eigenvalue weighted by Gasteiger charge is 2.29. The molecule has 0 fully saturated rings. The lowest BCUT2D eigenvalue weighted by Gasteiger charge is -2.15. The van der Waals surface area contributed by atoms with Crippen LogP contribution in [0.25, 0.3) is 11.3 Å². The molecular weight excluding hydrogens is 446 g/mol. The highest BCUT2D eigenvalue weighted by Crippen LogP contribution is 2.39. The van der Waals surface area contributed by atoms with Gasteiger partial charge in [-0.1, -0.05) is 66.7 Å². The number of carbonyl (C=O) groups excluding carboxylic acids is 1. The van der Waals surface area contributed by atoms with E-state index in [1.165, 1.54) is 12.1 Å². The van der Waals surface area contributed by atoms with Crippen LogP contribution in [0.5, 0.6) is 0 Å². The number of nitrogens with one attached hydrogen (secondary N) is 3. The predicted octanol–water partition coefficient (Wildman–Crippen LogP) is 5.42. The topological polar surface area (TPSA) is 87.3 Å². The van der Waals surface area contributed by atoms with Crippen LogP contribution < -0.4 is 15.4 Å². The van der Waals surface area contributed by atoms with Crippen molar-refractivity contribution in [3.63, 3.8) is 0 Å². The lowest BCUT2D eigenvalue weighted by Crippen LogP contribution is -2.13. The van der Waals surface area contributed by atoms with Crippen molar-refractivity contribution in [1.82, 2.24) is 0 Å². The number of hydrogen-bond acceptors (Lipinski definition) is 4. The lowest BCUT2D eigenvalue weighted by atomic mass is 9.99. The molecule has 0 radical (unpaired) electrons. The van der Waals surface area contributed by atoms with E-state index in [0.717, 1.165) is 11.3 Å². The van der Waals surface area contributed by atoms with E-state index in [4.69, 9.17) is 0 Å². The molecule has 7 heteroatoms. The van der Waals surface area contributed by atoms with E-state index in [-0.39, 0.29) is 10.8 Å². The van der Waals surface area contributed by atoms with Gasteiger partial charge in [-0.15, -0.1) is 0 Å². The van der Waals surface area contributed by atoms with Crippen LogP contribution in [0, 0.1) is 0 Å². The number of sulfonamides is 1. The van der Waals surface area contributed by atoms with Crippen molar-refractivity contribution in [2.45, 2.75) is 4.90 Å². The van der Waals surface area contributed by atoms with Crippen molar-refractivity contribution >= 4 is 44.3 Å². The summed E-state index contributed by atoms with van der Waals surface area (Å²) in [4.78, 5) is 13.3. The molecule has 0 unspecified atom stereocenters. The fourth-order valence-electron chi connectivity index (χ4n) is 3.84. The smallest absolute Gasteiger partial charge is 0.261 e. The molecule has 168 valence electrons. The number of benzene rings is 4. The molecule has 1 heterocycles. The van der Waals surface area contributed by atoms with E-state index in [9.17, 15) is 13.2 Å². The summed E-state index contributed by atoms with van der Waals surface area (Å²) in [5.74, 6) is -0.264. The van der Waals surface area contributed by atoms with E-state index in [1.807, 2.05) is 60.7 Å². The molecule has 4 aromatic rings. The van der Waals surface area contributed by atoms with E-state index in [1.54, 1.807) is 36.4 Å². The maximum atomic E-state index is 13.1. The second kappa shape index (κ2) is 8.88. The lowest BCUT2D eigenvalue weighted by molar-refractivity contribution is -0.110. The highest BCUT2D eigenvalue weighted by atomic mass is 32.2. The van der Waals surface area contributed by atoms with Gasteiger partial charge in [0, 0.05) is 22.6 Å². The van der Waals surface area contributed by atoms with Gasteiger partial charge in [0.15, 0.2) is 0 Å². The van der Waals surface area contributed by atoms with E-state index >= 15 is 0 Å². The summed E-state index contributed by atoms with van der Waals surface area (Å²) in [6.07, 6.45) is 0. The molecule has 6 nitrogen and oxygen atoms in total. The zero-order chi connectivity index (χ0) is 23.5. The Kier molecular flexibility index (Phi) is 5.61. The minimum atomic E-state index is -3.77. The monoisotopic (exact) mass is 467 g/mol. The van der Waals surface area contributed by atoms with Crippen molar-refractivity contribution in [3.8, 4) is 0 Å². The normalized spacial score (nSPS) is 14.2. The second-order valence-corrected chi connectivity index (χ2v) is 9.42. The molecule has 3 N–H and O–H groups in total. The number of hydrogen-bond donors (Lipinski definition) is 3. The van der Waals surface area contributed by atoms with E-state index < -0.39 is 10.0 Å². The third-order valence-electron chi connectivity index (χ3n) is 5.43. The van der Waals surface area contributed by atoms with Crippen LogP contribution in [0.15, 0.2) is 114 Å². The number of carbonyl (C=O) groups is 1. The molecular formula is C27H21N3O3S. The van der Waals surface area contributed by atoms with Gasteiger partial charge in [0.25, 0.3) is 15.9 Å². The molecule has 0 aromatic heterocycles.